The van der Waals surface area contributed by atoms with Gasteiger partial charge in [0.05, 0.1) is 12.0 Å². The molecule has 2 aromatic rings. The summed E-state index contributed by atoms with van der Waals surface area (Å²) < 4.78 is 5.26. The van der Waals surface area contributed by atoms with Gasteiger partial charge in [-0.05, 0) is 56.1 Å². The van der Waals surface area contributed by atoms with Gasteiger partial charge in [-0.1, -0.05) is 6.92 Å². The Morgan fingerprint density at radius 2 is 2.08 bits per heavy atom. The number of aromatic nitrogens is 1. The summed E-state index contributed by atoms with van der Waals surface area (Å²) in [5.41, 5.74) is 0.394. The van der Waals surface area contributed by atoms with Crippen LogP contribution in [0.25, 0.3) is 11.5 Å². The average Bonchev–Trinajstić information content (AvgIpc) is 3.14. The van der Waals surface area contributed by atoms with E-state index in [9.17, 15) is 9.59 Å². The van der Waals surface area contributed by atoms with Crippen LogP contribution in [0.5, 0.6) is 0 Å². The van der Waals surface area contributed by atoms with E-state index in [4.69, 9.17) is 4.42 Å². The van der Waals surface area contributed by atoms with Crippen LogP contribution < -0.4 is 10.9 Å². The molecule has 6 nitrogen and oxygen atoms in total. The smallest absolute Gasteiger partial charge is 0.261 e. The minimum Gasteiger partial charge on any atom is -0.463 e. The molecule has 0 atom stereocenters. The number of nitrogens with zero attached hydrogens (tertiary/aromatic N) is 1. The van der Waals surface area contributed by atoms with E-state index in [-0.39, 0.29) is 29.4 Å². The van der Waals surface area contributed by atoms with Crippen LogP contribution >= 0.6 is 12.4 Å². The summed E-state index contributed by atoms with van der Waals surface area (Å²) in [4.78, 5) is 29.4. The molecule has 0 bridgehead atoms. The van der Waals surface area contributed by atoms with E-state index >= 15 is 0 Å². The van der Waals surface area contributed by atoms with E-state index in [0.717, 1.165) is 25.9 Å². The molecule has 3 rings (SSSR count). The van der Waals surface area contributed by atoms with Gasteiger partial charge in [0.1, 0.15) is 11.3 Å². The molecule has 25 heavy (non-hydrogen) atoms. The third-order valence-corrected chi connectivity index (χ3v) is 4.51. The number of carbonyl (C=O) groups is 1. The predicted octanol–water partition coefficient (Wildman–Crippen LogP) is 2.52. The lowest BCUT2D eigenvalue weighted by molar-refractivity contribution is 0.0688. The molecule has 3 heterocycles. The zero-order valence-electron chi connectivity index (χ0n) is 14.3. The lowest BCUT2D eigenvalue weighted by Crippen LogP contribution is -2.42. The van der Waals surface area contributed by atoms with Gasteiger partial charge in [-0.15, -0.1) is 12.4 Å². The molecular weight excluding hydrogens is 342 g/mol. The highest BCUT2D eigenvalue weighted by atomic mass is 35.5. The number of carbonyl (C=O) groups excluding carboxylic acids is 1. The van der Waals surface area contributed by atoms with Gasteiger partial charge in [0, 0.05) is 13.1 Å². The fourth-order valence-electron chi connectivity index (χ4n) is 3.08. The first-order valence-corrected chi connectivity index (χ1v) is 8.46. The number of halogens is 1. The van der Waals surface area contributed by atoms with Crippen molar-refractivity contribution < 1.29 is 9.21 Å². The van der Waals surface area contributed by atoms with Crippen LogP contribution in [0.2, 0.25) is 0 Å². The molecule has 0 aromatic carbocycles. The molecule has 2 aromatic heterocycles. The van der Waals surface area contributed by atoms with Crippen molar-refractivity contribution in [3.05, 3.63) is 46.4 Å². The van der Waals surface area contributed by atoms with Crippen molar-refractivity contribution in [3.63, 3.8) is 0 Å². The Morgan fingerprint density at radius 1 is 1.32 bits per heavy atom. The van der Waals surface area contributed by atoms with Crippen LogP contribution in [0.4, 0.5) is 0 Å². The molecule has 1 aliphatic heterocycles. The molecule has 1 aliphatic rings. The summed E-state index contributed by atoms with van der Waals surface area (Å²) in [7, 11) is 0. The van der Waals surface area contributed by atoms with Crippen molar-refractivity contribution in [3.8, 4) is 11.5 Å². The van der Waals surface area contributed by atoms with Crippen molar-refractivity contribution in [2.45, 2.75) is 19.8 Å². The van der Waals surface area contributed by atoms with Crippen LogP contribution in [0, 0.1) is 5.92 Å². The predicted molar refractivity (Wildman–Crippen MR) is 99.2 cm³/mol. The zero-order chi connectivity index (χ0) is 16.9. The van der Waals surface area contributed by atoms with Gasteiger partial charge in [-0.2, -0.15) is 0 Å². The second kappa shape index (κ2) is 8.87. The van der Waals surface area contributed by atoms with Gasteiger partial charge in [-0.3, -0.25) is 9.59 Å². The van der Waals surface area contributed by atoms with Crippen molar-refractivity contribution in [1.29, 1.82) is 0 Å². The first-order valence-electron chi connectivity index (χ1n) is 8.46. The standard InChI is InChI=1S/C18H23N3O3.ClH/c1-2-19-12-13-7-9-21(10-8-13)18(23)14-5-6-15(20-17(14)22)16-4-3-11-24-16;/h3-6,11,13,19H,2,7-10,12H2,1H3,(H,20,22);1H. The Morgan fingerprint density at radius 3 is 2.68 bits per heavy atom. The lowest BCUT2D eigenvalue weighted by Gasteiger charge is -2.32. The number of H-pyrrole nitrogens is 1. The second-order valence-electron chi connectivity index (χ2n) is 6.14. The van der Waals surface area contributed by atoms with E-state index in [1.807, 2.05) is 0 Å². The Hall–Kier alpha value is -2.05. The van der Waals surface area contributed by atoms with Crippen molar-refractivity contribution >= 4 is 18.3 Å². The van der Waals surface area contributed by atoms with Crippen molar-refractivity contribution in [2.24, 2.45) is 5.92 Å². The first kappa shape index (κ1) is 19.3. The van der Waals surface area contributed by atoms with Gasteiger partial charge in [0.15, 0.2) is 0 Å². The normalized spacial score (nSPS) is 15.0. The molecule has 0 radical (unpaired) electrons. The van der Waals surface area contributed by atoms with Crippen LogP contribution in [0.3, 0.4) is 0 Å². The third kappa shape index (κ3) is 4.52. The number of amides is 1. The Bertz CT molecular complexity index is 734. The molecule has 136 valence electrons. The van der Waals surface area contributed by atoms with Crippen LogP contribution in [0.1, 0.15) is 30.1 Å². The van der Waals surface area contributed by atoms with Gasteiger partial charge >= 0.3 is 0 Å². The molecule has 2 N–H and O–H groups in total. The Balaban J connectivity index is 0.00000225. The van der Waals surface area contributed by atoms with Gasteiger partial charge < -0.3 is 19.6 Å². The van der Waals surface area contributed by atoms with Crippen molar-refractivity contribution in [2.75, 3.05) is 26.2 Å². The number of hydrogen-bond donors (Lipinski definition) is 2. The number of piperidine rings is 1. The maximum Gasteiger partial charge on any atom is 0.261 e. The SMILES string of the molecule is CCNCC1CCN(C(=O)c2ccc(-c3ccco3)[nH]c2=O)CC1.Cl. The van der Waals surface area contributed by atoms with Crippen LogP contribution in [-0.2, 0) is 0 Å². The molecule has 7 heteroatoms. The fraction of sp³-hybridized carbons (Fsp3) is 0.444. The molecule has 1 saturated heterocycles. The monoisotopic (exact) mass is 365 g/mol. The summed E-state index contributed by atoms with van der Waals surface area (Å²) in [6, 6.07) is 6.82. The molecule has 0 saturated carbocycles. The van der Waals surface area contributed by atoms with Gasteiger partial charge in [0.25, 0.3) is 11.5 Å². The summed E-state index contributed by atoms with van der Waals surface area (Å²) in [6.45, 7) is 5.47. The summed E-state index contributed by atoms with van der Waals surface area (Å²) in [5, 5.41) is 3.36. The number of likely N-dealkylation sites (tertiary alicyclic amines) is 1. The number of hydrogen-bond acceptors (Lipinski definition) is 4. The molecule has 0 spiro atoms. The maximum absolute atomic E-state index is 12.6. The van der Waals surface area contributed by atoms with E-state index in [0.29, 0.717) is 30.5 Å². The summed E-state index contributed by atoms with van der Waals surface area (Å²) in [6.07, 6.45) is 3.49. The summed E-state index contributed by atoms with van der Waals surface area (Å²) in [5.74, 6) is 0.994. The van der Waals surface area contributed by atoms with Gasteiger partial charge in [-0.25, -0.2) is 0 Å². The number of furan rings is 1. The van der Waals surface area contributed by atoms with Gasteiger partial charge in [0.2, 0.25) is 0 Å². The highest BCUT2D eigenvalue weighted by molar-refractivity contribution is 5.94. The van der Waals surface area contributed by atoms with E-state index in [1.54, 1.807) is 35.4 Å². The number of rotatable bonds is 5. The molecule has 0 aliphatic carbocycles. The molecule has 1 fully saturated rings. The van der Waals surface area contributed by atoms with Crippen LogP contribution in [-0.4, -0.2) is 42.0 Å². The fourth-order valence-corrected chi connectivity index (χ4v) is 3.08. The topological polar surface area (TPSA) is 78.3 Å². The van der Waals surface area contributed by atoms with Crippen LogP contribution in [0.15, 0.2) is 39.7 Å². The van der Waals surface area contributed by atoms with E-state index in [1.165, 1.54) is 0 Å². The van der Waals surface area contributed by atoms with E-state index in [2.05, 4.69) is 17.2 Å². The zero-order valence-corrected chi connectivity index (χ0v) is 15.1. The third-order valence-electron chi connectivity index (χ3n) is 4.51. The second-order valence-corrected chi connectivity index (χ2v) is 6.14. The average molecular weight is 366 g/mol. The minimum absolute atomic E-state index is 0. The molecule has 1 amide bonds. The van der Waals surface area contributed by atoms with E-state index < -0.39 is 0 Å². The Kier molecular flexibility index (Phi) is 6.84. The Labute approximate surface area is 153 Å². The lowest BCUT2D eigenvalue weighted by atomic mass is 9.96. The quantitative estimate of drug-likeness (QED) is 0.853. The number of pyridine rings is 1. The highest BCUT2D eigenvalue weighted by Gasteiger charge is 2.25. The number of aromatic amines is 1. The minimum atomic E-state index is -0.372. The first-order chi connectivity index (χ1) is 11.7. The maximum atomic E-state index is 12.6. The largest absolute Gasteiger partial charge is 0.463 e. The summed E-state index contributed by atoms with van der Waals surface area (Å²) >= 11 is 0. The molecular formula is C18H24ClN3O3. The number of nitrogens with one attached hydrogen (secondary N) is 2. The van der Waals surface area contributed by atoms with Crippen molar-refractivity contribution in [1.82, 2.24) is 15.2 Å². The highest BCUT2D eigenvalue weighted by Crippen LogP contribution is 2.19. The molecule has 0 unspecified atom stereocenters.